The average molecular weight is 372 g/mol. The summed E-state index contributed by atoms with van der Waals surface area (Å²) in [5.74, 6) is -3.47. The molecule has 132 valence electrons. The van der Waals surface area contributed by atoms with Crippen LogP contribution in [0.4, 0.5) is 20.2 Å². The molecular formula is C14H10F2N2O6S. The fourth-order valence-electron chi connectivity index (χ4n) is 2.13. The van der Waals surface area contributed by atoms with E-state index in [0.29, 0.717) is 0 Å². The average Bonchev–Trinajstić information content (AvgIpc) is 2.50. The van der Waals surface area contributed by atoms with Crippen LogP contribution in [-0.2, 0) is 21.3 Å². The highest BCUT2D eigenvalue weighted by atomic mass is 32.2. The molecule has 0 aromatic heterocycles. The van der Waals surface area contributed by atoms with Crippen molar-refractivity contribution in [1.82, 2.24) is 0 Å². The van der Waals surface area contributed by atoms with Crippen LogP contribution in [0.3, 0.4) is 0 Å². The molecule has 0 saturated carbocycles. The molecule has 0 fully saturated rings. The summed E-state index contributed by atoms with van der Waals surface area (Å²) in [5.41, 5.74) is -1.73. The summed E-state index contributed by atoms with van der Waals surface area (Å²) in [6.45, 7) is 0. The van der Waals surface area contributed by atoms with Crippen LogP contribution >= 0.6 is 0 Å². The van der Waals surface area contributed by atoms with E-state index < -0.39 is 54.2 Å². The number of nitro benzene ring substituents is 2. The molecule has 0 saturated heterocycles. The van der Waals surface area contributed by atoms with Crippen molar-refractivity contribution in [2.24, 2.45) is 0 Å². The maximum absolute atomic E-state index is 13.3. The molecular weight excluding hydrogens is 362 g/mol. The molecule has 2 aromatic carbocycles. The summed E-state index contributed by atoms with van der Waals surface area (Å²) in [6.07, 6.45) is 0. The number of halogens is 2. The SMILES string of the molecule is O=[N+]([O-])c1cc(CS(=O)(=O)Cc2ccc(F)c([N+](=O)[O-])c2)ccc1F. The van der Waals surface area contributed by atoms with Gasteiger partial charge in [0.2, 0.25) is 11.6 Å². The van der Waals surface area contributed by atoms with Crippen molar-refractivity contribution >= 4 is 21.2 Å². The van der Waals surface area contributed by atoms with Crippen LogP contribution < -0.4 is 0 Å². The van der Waals surface area contributed by atoms with Gasteiger partial charge >= 0.3 is 11.4 Å². The number of benzene rings is 2. The van der Waals surface area contributed by atoms with Gasteiger partial charge in [-0.05, 0) is 23.3 Å². The number of nitrogens with zero attached hydrogens (tertiary/aromatic N) is 2. The smallest absolute Gasteiger partial charge is 0.258 e. The molecule has 0 bridgehead atoms. The predicted octanol–water partition coefficient (Wildman–Crippen LogP) is 2.90. The molecule has 0 heterocycles. The van der Waals surface area contributed by atoms with Gasteiger partial charge in [0.25, 0.3) is 0 Å². The third-order valence-corrected chi connectivity index (χ3v) is 4.73. The van der Waals surface area contributed by atoms with Gasteiger partial charge in [0, 0.05) is 12.1 Å². The molecule has 0 radical (unpaired) electrons. The Balaban J connectivity index is 2.26. The van der Waals surface area contributed by atoms with Crippen LogP contribution in [-0.4, -0.2) is 18.3 Å². The normalized spacial score (nSPS) is 11.3. The number of rotatable bonds is 6. The molecule has 8 nitrogen and oxygen atoms in total. The van der Waals surface area contributed by atoms with Gasteiger partial charge < -0.3 is 0 Å². The van der Waals surface area contributed by atoms with Gasteiger partial charge in [0.15, 0.2) is 9.84 Å². The quantitative estimate of drug-likeness (QED) is 0.568. The van der Waals surface area contributed by atoms with Gasteiger partial charge in [-0.15, -0.1) is 0 Å². The summed E-state index contributed by atoms with van der Waals surface area (Å²) in [7, 11) is -3.89. The molecule has 2 rings (SSSR count). The zero-order chi connectivity index (χ0) is 18.8. The van der Waals surface area contributed by atoms with Gasteiger partial charge in [-0.3, -0.25) is 20.2 Å². The second kappa shape index (κ2) is 6.89. The fraction of sp³-hybridized carbons (Fsp3) is 0.143. The first-order chi connectivity index (χ1) is 11.6. The molecule has 0 atom stereocenters. The lowest BCUT2D eigenvalue weighted by molar-refractivity contribution is -0.387. The van der Waals surface area contributed by atoms with Crippen LogP contribution in [0.15, 0.2) is 36.4 Å². The second-order valence-electron chi connectivity index (χ2n) is 5.12. The van der Waals surface area contributed by atoms with E-state index in [1.54, 1.807) is 0 Å². The van der Waals surface area contributed by atoms with Crippen molar-refractivity contribution in [1.29, 1.82) is 0 Å². The molecule has 2 aromatic rings. The van der Waals surface area contributed by atoms with E-state index in [9.17, 15) is 37.4 Å². The Morgan fingerprint density at radius 1 is 0.800 bits per heavy atom. The van der Waals surface area contributed by atoms with E-state index in [1.165, 1.54) is 0 Å². The first kappa shape index (κ1) is 18.4. The van der Waals surface area contributed by atoms with Gasteiger partial charge in [0.05, 0.1) is 21.4 Å². The topological polar surface area (TPSA) is 120 Å². The van der Waals surface area contributed by atoms with Crippen LogP contribution in [0, 0.1) is 31.9 Å². The Morgan fingerprint density at radius 2 is 1.16 bits per heavy atom. The fourth-order valence-corrected chi connectivity index (χ4v) is 3.61. The Hall–Kier alpha value is -2.95. The lowest BCUT2D eigenvalue weighted by atomic mass is 10.2. The highest BCUT2D eigenvalue weighted by Crippen LogP contribution is 2.23. The zero-order valence-electron chi connectivity index (χ0n) is 12.4. The number of hydrogen-bond acceptors (Lipinski definition) is 6. The Morgan fingerprint density at radius 3 is 1.48 bits per heavy atom. The summed E-state index contributed by atoms with van der Waals surface area (Å²) >= 11 is 0. The summed E-state index contributed by atoms with van der Waals surface area (Å²) in [6, 6.07) is 5.36. The Kier molecular flexibility index (Phi) is 5.07. The van der Waals surface area contributed by atoms with E-state index in [4.69, 9.17) is 0 Å². The summed E-state index contributed by atoms with van der Waals surface area (Å²) in [4.78, 5) is 19.4. The van der Waals surface area contributed by atoms with Crippen molar-refractivity contribution in [3.8, 4) is 0 Å². The van der Waals surface area contributed by atoms with Gasteiger partial charge in [-0.1, -0.05) is 12.1 Å². The number of nitro groups is 2. The minimum atomic E-state index is -3.89. The van der Waals surface area contributed by atoms with Crippen LogP contribution in [0.1, 0.15) is 11.1 Å². The summed E-state index contributed by atoms with van der Waals surface area (Å²) < 4.78 is 50.9. The molecule has 0 amide bonds. The van der Waals surface area contributed by atoms with E-state index >= 15 is 0 Å². The van der Waals surface area contributed by atoms with Crippen molar-refractivity contribution < 1.29 is 27.0 Å². The number of hydrogen-bond donors (Lipinski definition) is 0. The first-order valence-corrected chi connectivity index (χ1v) is 8.47. The Bertz CT molecular complexity index is 890. The van der Waals surface area contributed by atoms with Gasteiger partial charge in [-0.2, -0.15) is 8.78 Å². The van der Waals surface area contributed by atoms with Crippen LogP contribution in [0.25, 0.3) is 0 Å². The molecule has 11 heteroatoms. The minimum Gasteiger partial charge on any atom is -0.258 e. The van der Waals surface area contributed by atoms with Gasteiger partial charge in [-0.25, -0.2) is 8.42 Å². The third kappa shape index (κ3) is 4.53. The molecule has 0 unspecified atom stereocenters. The maximum Gasteiger partial charge on any atom is 0.305 e. The monoisotopic (exact) mass is 372 g/mol. The van der Waals surface area contributed by atoms with E-state index in [1.807, 2.05) is 0 Å². The first-order valence-electron chi connectivity index (χ1n) is 6.65. The molecule has 0 aliphatic carbocycles. The van der Waals surface area contributed by atoms with Crippen molar-refractivity contribution in [3.63, 3.8) is 0 Å². The molecule has 0 aliphatic heterocycles. The van der Waals surface area contributed by atoms with Crippen LogP contribution in [0.5, 0.6) is 0 Å². The predicted molar refractivity (Wildman–Crippen MR) is 82.4 cm³/mol. The van der Waals surface area contributed by atoms with E-state index in [2.05, 4.69) is 0 Å². The highest BCUT2D eigenvalue weighted by Gasteiger charge is 2.21. The van der Waals surface area contributed by atoms with E-state index in [0.717, 1.165) is 36.4 Å². The van der Waals surface area contributed by atoms with E-state index in [-0.39, 0.29) is 11.1 Å². The standard InChI is InChI=1S/C14H10F2N2O6S/c15-11-3-1-9(5-13(11)17(19)20)7-25(23,24)8-10-2-4-12(16)14(6-10)18(21)22/h1-6H,7-8H2. The molecule has 0 aliphatic rings. The third-order valence-electron chi connectivity index (χ3n) is 3.19. The molecule has 25 heavy (non-hydrogen) atoms. The summed E-state index contributed by atoms with van der Waals surface area (Å²) in [5, 5.41) is 21.4. The number of sulfone groups is 1. The molecule has 0 N–H and O–H groups in total. The van der Waals surface area contributed by atoms with Gasteiger partial charge in [0.1, 0.15) is 0 Å². The lowest BCUT2D eigenvalue weighted by Crippen LogP contribution is -2.09. The van der Waals surface area contributed by atoms with Crippen molar-refractivity contribution in [2.75, 3.05) is 0 Å². The zero-order valence-corrected chi connectivity index (χ0v) is 13.2. The van der Waals surface area contributed by atoms with Crippen LogP contribution in [0.2, 0.25) is 0 Å². The van der Waals surface area contributed by atoms with Crippen molar-refractivity contribution in [2.45, 2.75) is 11.5 Å². The second-order valence-corrected chi connectivity index (χ2v) is 7.18. The Labute approximate surface area is 139 Å². The largest absolute Gasteiger partial charge is 0.305 e. The minimum absolute atomic E-state index is 0.00953. The molecule has 0 spiro atoms. The highest BCUT2D eigenvalue weighted by molar-refractivity contribution is 7.89. The maximum atomic E-state index is 13.3. The lowest BCUT2D eigenvalue weighted by Gasteiger charge is -2.06. The van der Waals surface area contributed by atoms with Crippen molar-refractivity contribution in [3.05, 3.63) is 79.4 Å².